The number of aryl methyl sites for hydroxylation is 2. The molecule has 0 spiro atoms. The van der Waals surface area contributed by atoms with E-state index in [9.17, 15) is 14.0 Å². The number of aromatic amines is 1. The van der Waals surface area contributed by atoms with Gasteiger partial charge in [-0.2, -0.15) is 0 Å². The fourth-order valence-corrected chi connectivity index (χ4v) is 16.5. The number of para-hydroxylation sites is 5. The van der Waals surface area contributed by atoms with Gasteiger partial charge < -0.3 is 47.6 Å². The van der Waals surface area contributed by atoms with Gasteiger partial charge in [-0.15, -0.1) is 11.8 Å². The van der Waals surface area contributed by atoms with Crippen molar-refractivity contribution in [1.82, 2.24) is 54.8 Å². The molecule has 0 amide bonds. The zero-order valence-corrected chi connectivity index (χ0v) is 89.9. The topological polar surface area (TPSA) is 262 Å². The Balaban J connectivity index is 0.000000155. The Kier molecular flexibility index (Phi) is 43.3. The molecule has 0 radical (unpaired) electrons. The standard InChI is InChI=1S/C13H14FNO.C13H15NO.C13H15NS.C12H12ClNO.C12H12N2O3.4C12H13NO.C10H11NOS/c1-8(2)16-13-6-9(3)15-12-5-4-10(14)7-11(12)13;1-10(2)15-9-12-6-3-5-11-7-4-8-14-13(11)12;1-9(2)15-13-6-7-14-12-8-10(3)4-5-11(12)13;1-8(2)15-12-5-6-14-11-7-9(13)3-4-10(11)12;1-7(2)17-12(16)10-11(15)14-9-6-4-3-5-8(9)13-10;1-9(2)14-12-5-3-4-10-8-13-7-6-11(10)12;1-9(2)14-12-8-13-7-10-5-3-4-6-11(10)12;1-9(2)14-12-7-8-13-11-6-4-3-5-10(11)12;1-9(2)14-12-11-6-4-3-5-10(11)7-8-13-12;1-7(2)12-10-11-8-5-3-4-6-9(8)13-10/h4-8H,1-3H3;3-8,10H,9H2,1-2H3;4-9H,1-3H3;3-8H,1-2H3;3-7H,1-2H3,(H,14,15);4*3-9H,1-2H3;3-7H,1-2H3. The average molecular weight is 2030 g/mol. The molecule has 0 bridgehead atoms. The van der Waals surface area contributed by atoms with Crippen LogP contribution in [0.3, 0.4) is 0 Å². The SMILES string of the molecule is CC(C)OC(=O)c1nc2ccccc2[nH]c1=O.CC(C)OCc1cccc2cccnc12.CC(C)Oc1cccc2cnccc12.CC(C)Oc1ccnc2cc(Cl)ccc12.CC(C)Oc1ccnc2ccccc12.CC(C)Oc1cncc2ccccc12.CC(C)Oc1nc2ccccc2s1.CC(C)Oc1nccc2ccccc12.Cc1cc(OC(C)C)c2cc(F)ccc2n1.Cc1ccc2c(SC(C)C)ccnc2c1. The maximum absolute atomic E-state index is 13.2. The summed E-state index contributed by atoms with van der Waals surface area (Å²) in [6.07, 6.45) is 17.4. The van der Waals surface area contributed by atoms with Crippen LogP contribution in [0.15, 0.2) is 326 Å². The van der Waals surface area contributed by atoms with E-state index in [1.807, 2.05) is 312 Å². The first-order valence-electron chi connectivity index (χ1n) is 49.2. The van der Waals surface area contributed by atoms with E-state index in [-0.39, 0.29) is 66.4 Å². The molecule has 0 saturated carbocycles. The number of fused-ring (bicyclic) bond motifs is 10. The summed E-state index contributed by atoms with van der Waals surface area (Å²) in [6.45, 7) is 44.6. The number of carbonyl (C=O) groups excluding carboxylic acids is 1. The zero-order valence-electron chi connectivity index (χ0n) is 87.5. The molecule has 0 saturated heterocycles. The van der Waals surface area contributed by atoms with Gasteiger partial charge in [0.15, 0.2) is 0 Å². The van der Waals surface area contributed by atoms with Crippen LogP contribution in [0.5, 0.6) is 39.8 Å². The fourth-order valence-electron chi connectivity index (χ4n) is 14.5. The third-order valence-electron chi connectivity index (χ3n) is 20.5. The number of benzene rings is 10. The molecular weight excluding hydrogens is 1900 g/mol. The molecule has 0 aliphatic heterocycles. The number of halogens is 2. The maximum atomic E-state index is 13.2. The number of thioether (sulfide) groups is 1. The highest BCUT2D eigenvalue weighted by Crippen LogP contribution is 2.35. The normalized spacial score (nSPS) is 10.9. The third-order valence-corrected chi connectivity index (χ3v) is 22.7. The van der Waals surface area contributed by atoms with E-state index < -0.39 is 11.5 Å². The second kappa shape index (κ2) is 56.6. The molecular formula is C121H131ClFN11O11S2. The monoisotopic (exact) mass is 2030 g/mol. The lowest BCUT2D eigenvalue weighted by Gasteiger charge is -2.12. The third kappa shape index (κ3) is 35.5. The Morgan fingerprint density at radius 3 is 1.58 bits per heavy atom. The van der Waals surface area contributed by atoms with E-state index in [1.165, 1.54) is 38.1 Å². The number of aromatic nitrogens is 11. The number of hydrogen-bond acceptors (Lipinski definition) is 23. The summed E-state index contributed by atoms with van der Waals surface area (Å²) in [5.74, 6) is 3.99. The Labute approximate surface area is 873 Å². The first-order valence-corrected chi connectivity index (χ1v) is 51.3. The molecule has 762 valence electrons. The minimum atomic E-state index is -0.702. The number of esters is 1. The second-order valence-corrected chi connectivity index (χ2v) is 39.7. The molecule has 26 heteroatoms. The van der Waals surface area contributed by atoms with Gasteiger partial charge in [-0.25, -0.2) is 24.1 Å². The molecule has 147 heavy (non-hydrogen) atoms. The number of carbonyl (C=O) groups is 1. The van der Waals surface area contributed by atoms with Crippen LogP contribution >= 0.6 is 34.7 Å². The Hall–Kier alpha value is -14.9. The number of pyridine rings is 8. The highest BCUT2D eigenvalue weighted by Gasteiger charge is 2.19. The Morgan fingerprint density at radius 2 is 0.912 bits per heavy atom. The number of hydrogen-bond donors (Lipinski definition) is 1. The molecule has 10 heterocycles. The number of nitrogens with one attached hydrogen (secondary N) is 1. The van der Waals surface area contributed by atoms with Crippen molar-refractivity contribution in [2.24, 2.45) is 0 Å². The van der Waals surface area contributed by atoms with Gasteiger partial charge in [0.05, 0.1) is 117 Å². The van der Waals surface area contributed by atoms with Crippen LogP contribution in [-0.4, -0.2) is 121 Å². The lowest BCUT2D eigenvalue weighted by atomic mass is 10.1. The van der Waals surface area contributed by atoms with Gasteiger partial charge in [0.25, 0.3) is 10.8 Å². The van der Waals surface area contributed by atoms with Crippen molar-refractivity contribution in [2.75, 3.05) is 0 Å². The van der Waals surface area contributed by atoms with Crippen LogP contribution in [0.25, 0.3) is 108 Å². The van der Waals surface area contributed by atoms with Gasteiger partial charge in [-0.3, -0.25) is 39.7 Å². The van der Waals surface area contributed by atoms with Crippen LogP contribution in [0.1, 0.15) is 166 Å². The quantitative estimate of drug-likeness (QED) is 0.0517. The summed E-state index contributed by atoms with van der Waals surface area (Å²) >= 11 is 9.38. The van der Waals surface area contributed by atoms with Crippen molar-refractivity contribution >= 4 is 149 Å². The van der Waals surface area contributed by atoms with Crippen LogP contribution in [-0.2, 0) is 16.1 Å². The van der Waals surface area contributed by atoms with Crippen molar-refractivity contribution in [1.29, 1.82) is 0 Å². The van der Waals surface area contributed by atoms with Crippen LogP contribution < -0.4 is 38.7 Å². The van der Waals surface area contributed by atoms with E-state index >= 15 is 0 Å². The second-order valence-electron chi connectivity index (χ2n) is 36.6. The largest absolute Gasteiger partial charge is 0.490 e. The molecule has 20 aromatic rings. The van der Waals surface area contributed by atoms with Crippen LogP contribution in [0.4, 0.5) is 4.39 Å². The number of H-pyrrole nitrogens is 1. The van der Waals surface area contributed by atoms with Gasteiger partial charge in [0.1, 0.15) is 34.6 Å². The smallest absolute Gasteiger partial charge is 0.363 e. The van der Waals surface area contributed by atoms with Crippen molar-refractivity contribution in [3.05, 3.63) is 360 Å². The van der Waals surface area contributed by atoms with Gasteiger partial charge >= 0.3 is 5.97 Å². The first-order chi connectivity index (χ1) is 70.6. The predicted molar refractivity (Wildman–Crippen MR) is 602 cm³/mol. The molecule has 20 rings (SSSR count). The zero-order chi connectivity index (χ0) is 106. The highest BCUT2D eigenvalue weighted by atomic mass is 35.5. The minimum Gasteiger partial charge on any atom is -0.490 e. The lowest BCUT2D eigenvalue weighted by molar-refractivity contribution is 0.0368. The molecule has 0 aliphatic rings. The maximum Gasteiger partial charge on any atom is 0.363 e. The van der Waals surface area contributed by atoms with E-state index in [4.69, 9.17) is 54.2 Å². The van der Waals surface area contributed by atoms with E-state index in [2.05, 4.69) is 136 Å². The van der Waals surface area contributed by atoms with Crippen LogP contribution in [0.2, 0.25) is 5.02 Å². The summed E-state index contributed by atoms with van der Waals surface area (Å²) in [6, 6.07) is 83.8. The van der Waals surface area contributed by atoms with Gasteiger partial charge in [0.2, 0.25) is 11.6 Å². The number of rotatable bonds is 21. The van der Waals surface area contributed by atoms with Crippen molar-refractivity contribution in [3.63, 3.8) is 0 Å². The highest BCUT2D eigenvalue weighted by molar-refractivity contribution is 8.00. The molecule has 10 aromatic carbocycles. The summed E-state index contributed by atoms with van der Waals surface area (Å²) in [5, 5.41) is 14.0. The summed E-state index contributed by atoms with van der Waals surface area (Å²) < 4.78 is 64.4. The molecule has 0 atom stereocenters. The van der Waals surface area contributed by atoms with Gasteiger partial charge in [0, 0.05) is 136 Å². The number of ether oxygens (including phenoxy) is 9. The fraction of sp³-hybridized carbons (Fsp3) is 0.273. The van der Waals surface area contributed by atoms with Crippen molar-refractivity contribution < 1.29 is 51.8 Å². The Morgan fingerprint density at radius 1 is 0.374 bits per heavy atom. The molecule has 1 N–H and O–H groups in total. The van der Waals surface area contributed by atoms with Crippen LogP contribution in [0, 0.1) is 19.7 Å². The summed E-state index contributed by atoms with van der Waals surface area (Å²) in [4.78, 5) is 69.6. The van der Waals surface area contributed by atoms with Gasteiger partial charge in [-0.1, -0.05) is 164 Å². The molecule has 0 aliphatic carbocycles. The van der Waals surface area contributed by atoms with E-state index in [0.717, 1.165) is 127 Å². The Bertz CT molecular complexity index is 7210. The number of nitrogens with zero attached hydrogens (tertiary/aromatic N) is 10. The van der Waals surface area contributed by atoms with E-state index in [1.54, 1.807) is 86.5 Å². The van der Waals surface area contributed by atoms with Crippen molar-refractivity contribution in [2.45, 2.75) is 224 Å². The van der Waals surface area contributed by atoms with Crippen molar-refractivity contribution in [3.8, 4) is 39.8 Å². The number of thiazole rings is 1. The summed E-state index contributed by atoms with van der Waals surface area (Å²) in [7, 11) is 0. The van der Waals surface area contributed by atoms with Gasteiger partial charge in [-0.05, 0) is 277 Å². The lowest BCUT2D eigenvalue weighted by Crippen LogP contribution is -2.23. The minimum absolute atomic E-state index is 0.0632. The van der Waals surface area contributed by atoms with E-state index in [0.29, 0.717) is 33.7 Å². The summed E-state index contributed by atoms with van der Waals surface area (Å²) in [5.41, 5.74) is 9.46. The molecule has 22 nitrogen and oxygen atoms in total. The average Bonchev–Trinajstić information content (AvgIpc) is 0.864. The molecule has 0 fully saturated rings. The first kappa shape index (κ1) is 112. The molecule has 10 aromatic heterocycles. The molecule has 0 unspecified atom stereocenters. The predicted octanol–water partition coefficient (Wildman–Crippen LogP) is 31.0.